The highest BCUT2D eigenvalue weighted by Gasteiger charge is 2.52. The Balaban J connectivity index is 1.13. The summed E-state index contributed by atoms with van der Waals surface area (Å²) < 4.78 is 7.08. The fourth-order valence-corrected chi connectivity index (χ4v) is 10.5. The van der Waals surface area contributed by atoms with Crippen molar-refractivity contribution in [2.45, 2.75) is 10.8 Å². The Morgan fingerprint density at radius 3 is 1.49 bits per heavy atom. The zero-order chi connectivity index (χ0) is 36.1. The van der Waals surface area contributed by atoms with Crippen molar-refractivity contribution in [2.24, 2.45) is 0 Å². The quantitative estimate of drug-likeness (QED) is 0.178. The Morgan fingerprint density at radius 1 is 0.291 bits per heavy atom. The standard InChI is InChI=1S/C54H34O/c1-3-18-38(19-4-1)53(39-20-5-2-6-21-39)48-27-13-14-29-51(48)55-52-40(24-15-28-49(52)53)37-30-31-47-43(33-37)41-22-9-11-25-45(41)54(47)46-26-12-10-23-42(46)44-32-35-16-7-8-17-36(35)34-50(44)54/h1-34H. The van der Waals surface area contributed by atoms with E-state index in [9.17, 15) is 0 Å². The van der Waals surface area contributed by atoms with Gasteiger partial charge in [0, 0.05) is 16.7 Å². The summed E-state index contributed by atoms with van der Waals surface area (Å²) >= 11 is 0. The molecule has 9 aromatic rings. The van der Waals surface area contributed by atoms with Crippen molar-refractivity contribution in [3.8, 4) is 44.9 Å². The fourth-order valence-electron chi connectivity index (χ4n) is 10.5. The second-order valence-electron chi connectivity index (χ2n) is 15.1. The van der Waals surface area contributed by atoms with Crippen molar-refractivity contribution >= 4 is 10.8 Å². The van der Waals surface area contributed by atoms with Gasteiger partial charge in [-0.3, -0.25) is 0 Å². The predicted molar refractivity (Wildman–Crippen MR) is 224 cm³/mol. The van der Waals surface area contributed by atoms with E-state index in [4.69, 9.17) is 4.74 Å². The van der Waals surface area contributed by atoms with Crippen LogP contribution in [0.4, 0.5) is 0 Å². The van der Waals surface area contributed by atoms with Crippen LogP contribution in [0.5, 0.6) is 11.5 Å². The van der Waals surface area contributed by atoms with Gasteiger partial charge in [-0.1, -0.05) is 182 Å². The van der Waals surface area contributed by atoms with Crippen LogP contribution in [0.3, 0.4) is 0 Å². The van der Waals surface area contributed by atoms with E-state index >= 15 is 0 Å². The molecule has 0 amide bonds. The molecule has 0 bridgehead atoms. The third kappa shape index (κ3) is 3.92. The fraction of sp³-hybridized carbons (Fsp3) is 0.0370. The molecule has 0 radical (unpaired) electrons. The lowest BCUT2D eigenvalue weighted by Crippen LogP contribution is -2.34. The van der Waals surface area contributed by atoms with Crippen LogP contribution in [-0.2, 0) is 10.8 Å². The van der Waals surface area contributed by atoms with E-state index in [1.165, 1.54) is 66.4 Å². The zero-order valence-electron chi connectivity index (χ0n) is 30.0. The summed E-state index contributed by atoms with van der Waals surface area (Å²) in [5.41, 5.74) is 16.5. The van der Waals surface area contributed by atoms with E-state index in [2.05, 4.69) is 206 Å². The lowest BCUT2D eigenvalue weighted by atomic mass is 9.63. The van der Waals surface area contributed by atoms with Gasteiger partial charge in [0.05, 0.1) is 10.8 Å². The van der Waals surface area contributed by atoms with Gasteiger partial charge in [0.2, 0.25) is 0 Å². The van der Waals surface area contributed by atoms with Gasteiger partial charge in [-0.25, -0.2) is 0 Å². The van der Waals surface area contributed by atoms with Crippen LogP contribution in [0.15, 0.2) is 206 Å². The molecule has 12 rings (SSSR count). The van der Waals surface area contributed by atoms with Crippen molar-refractivity contribution in [2.75, 3.05) is 0 Å². The van der Waals surface area contributed by atoms with Crippen LogP contribution in [-0.4, -0.2) is 0 Å². The third-order valence-electron chi connectivity index (χ3n) is 12.6. The first-order chi connectivity index (χ1) is 27.3. The molecule has 0 N–H and O–H groups in total. The highest BCUT2D eigenvalue weighted by Crippen LogP contribution is 2.64. The molecule has 1 heterocycles. The van der Waals surface area contributed by atoms with E-state index in [1.807, 2.05) is 0 Å². The Labute approximate surface area is 320 Å². The van der Waals surface area contributed by atoms with Gasteiger partial charge in [0.15, 0.2) is 0 Å². The van der Waals surface area contributed by atoms with Crippen LogP contribution in [0.25, 0.3) is 44.2 Å². The highest BCUT2D eigenvalue weighted by atomic mass is 16.5. The molecule has 0 saturated carbocycles. The molecule has 1 unspecified atom stereocenters. The molecule has 1 atom stereocenters. The average molecular weight is 699 g/mol. The number of hydrogen-bond acceptors (Lipinski definition) is 1. The van der Waals surface area contributed by atoms with E-state index < -0.39 is 10.8 Å². The molecule has 1 aliphatic heterocycles. The first kappa shape index (κ1) is 30.5. The predicted octanol–water partition coefficient (Wildman–Crippen LogP) is 13.3. The number of fused-ring (bicyclic) bond motifs is 13. The van der Waals surface area contributed by atoms with Gasteiger partial charge in [0.25, 0.3) is 0 Å². The Morgan fingerprint density at radius 2 is 0.800 bits per heavy atom. The van der Waals surface area contributed by atoms with Crippen molar-refractivity contribution in [3.63, 3.8) is 0 Å². The summed E-state index contributed by atoms with van der Waals surface area (Å²) in [5.74, 6) is 1.78. The molecule has 3 aliphatic rings. The number of benzene rings is 9. The van der Waals surface area contributed by atoms with Crippen LogP contribution < -0.4 is 4.74 Å². The minimum atomic E-state index is -0.573. The summed E-state index contributed by atoms with van der Waals surface area (Å²) in [6, 6.07) is 76.1. The molecule has 2 aliphatic carbocycles. The van der Waals surface area contributed by atoms with Gasteiger partial charge < -0.3 is 4.74 Å². The van der Waals surface area contributed by atoms with E-state index in [0.29, 0.717) is 0 Å². The SMILES string of the molecule is c1ccc(C2(c3ccccc3)c3ccccc3Oc3c(-c4ccc5c(c4)-c4ccccc4C54c5ccccc5-c5cc6ccccc6cc54)cccc32)cc1. The molecule has 1 spiro atoms. The lowest BCUT2D eigenvalue weighted by Gasteiger charge is -2.42. The number of para-hydroxylation sites is 2. The maximum atomic E-state index is 7.08. The summed E-state index contributed by atoms with van der Waals surface area (Å²) in [6.07, 6.45) is 0. The molecule has 1 heteroatoms. The molecule has 9 aromatic carbocycles. The van der Waals surface area contributed by atoms with Crippen LogP contribution in [0.1, 0.15) is 44.5 Å². The first-order valence-corrected chi connectivity index (χ1v) is 19.2. The maximum absolute atomic E-state index is 7.08. The van der Waals surface area contributed by atoms with Crippen molar-refractivity contribution in [3.05, 3.63) is 251 Å². The third-order valence-corrected chi connectivity index (χ3v) is 12.6. The molecule has 256 valence electrons. The van der Waals surface area contributed by atoms with Crippen molar-refractivity contribution in [1.29, 1.82) is 0 Å². The molecule has 55 heavy (non-hydrogen) atoms. The second-order valence-corrected chi connectivity index (χ2v) is 15.1. The Kier molecular flexibility index (Phi) is 6.25. The number of ether oxygens (including phenoxy) is 1. The van der Waals surface area contributed by atoms with E-state index in [1.54, 1.807) is 0 Å². The van der Waals surface area contributed by atoms with Gasteiger partial charge >= 0.3 is 0 Å². The van der Waals surface area contributed by atoms with Crippen LogP contribution >= 0.6 is 0 Å². The Bertz CT molecular complexity index is 2970. The van der Waals surface area contributed by atoms with E-state index in [-0.39, 0.29) is 0 Å². The lowest BCUT2D eigenvalue weighted by molar-refractivity contribution is 0.436. The normalized spacial score (nSPS) is 16.4. The summed E-state index contributed by atoms with van der Waals surface area (Å²) in [5, 5.41) is 2.54. The zero-order valence-corrected chi connectivity index (χ0v) is 30.0. The van der Waals surface area contributed by atoms with Crippen LogP contribution in [0, 0.1) is 0 Å². The minimum Gasteiger partial charge on any atom is -0.456 e. The highest BCUT2D eigenvalue weighted by molar-refractivity contribution is 6.00. The van der Waals surface area contributed by atoms with Crippen LogP contribution in [0.2, 0.25) is 0 Å². The largest absolute Gasteiger partial charge is 0.456 e. The summed E-state index contributed by atoms with van der Waals surface area (Å²) in [6.45, 7) is 0. The van der Waals surface area contributed by atoms with E-state index in [0.717, 1.165) is 33.8 Å². The number of rotatable bonds is 3. The first-order valence-electron chi connectivity index (χ1n) is 19.2. The minimum absolute atomic E-state index is 0.415. The molecule has 0 saturated heterocycles. The molecule has 0 fully saturated rings. The molecular weight excluding hydrogens is 665 g/mol. The van der Waals surface area contributed by atoms with Crippen molar-refractivity contribution in [1.82, 2.24) is 0 Å². The molecule has 1 nitrogen and oxygen atoms in total. The topological polar surface area (TPSA) is 9.23 Å². The van der Waals surface area contributed by atoms with Gasteiger partial charge in [-0.05, 0) is 96.2 Å². The summed E-state index contributed by atoms with van der Waals surface area (Å²) in [4.78, 5) is 0. The maximum Gasteiger partial charge on any atom is 0.140 e. The van der Waals surface area contributed by atoms with Gasteiger partial charge in [-0.2, -0.15) is 0 Å². The molecular formula is C54H34O. The monoisotopic (exact) mass is 698 g/mol. The smallest absolute Gasteiger partial charge is 0.140 e. The average Bonchev–Trinajstić information content (AvgIpc) is 3.71. The number of hydrogen-bond donors (Lipinski definition) is 0. The Hall–Kier alpha value is -6.96. The van der Waals surface area contributed by atoms with Gasteiger partial charge in [-0.15, -0.1) is 0 Å². The summed E-state index contributed by atoms with van der Waals surface area (Å²) in [7, 11) is 0. The van der Waals surface area contributed by atoms with Crippen molar-refractivity contribution < 1.29 is 4.74 Å². The molecule has 0 aromatic heterocycles. The van der Waals surface area contributed by atoms with Gasteiger partial charge in [0.1, 0.15) is 11.5 Å². The second kappa shape index (κ2) is 11.3.